The van der Waals surface area contributed by atoms with Gasteiger partial charge in [0.1, 0.15) is 5.82 Å². The van der Waals surface area contributed by atoms with Gasteiger partial charge in [0.25, 0.3) is 0 Å². The van der Waals surface area contributed by atoms with Gasteiger partial charge in [-0.3, -0.25) is 0 Å². The van der Waals surface area contributed by atoms with Crippen LogP contribution in [0.1, 0.15) is 17.5 Å². The van der Waals surface area contributed by atoms with Crippen LogP contribution in [0, 0.1) is 18.7 Å². The lowest BCUT2D eigenvalue weighted by Crippen LogP contribution is -2.28. The smallest absolute Gasteiger partial charge is 0.126 e. The van der Waals surface area contributed by atoms with E-state index in [4.69, 9.17) is 0 Å². The minimum absolute atomic E-state index is 0.107. The SMILES string of the molecule is Cc1cc(CCN(C)CC2CCNC2)ccc1F. The van der Waals surface area contributed by atoms with Gasteiger partial charge in [-0.1, -0.05) is 12.1 Å². The summed E-state index contributed by atoms with van der Waals surface area (Å²) in [5, 5.41) is 3.40. The summed E-state index contributed by atoms with van der Waals surface area (Å²) in [4.78, 5) is 2.39. The Balaban J connectivity index is 1.77. The van der Waals surface area contributed by atoms with Crippen molar-refractivity contribution in [2.45, 2.75) is 19.8 Å². The van der Waals surface area contributed by atoms with Gasteiger partial charge in [-0.25, -0.2) is 4.39 Å². The molecule has 2 rings (SSSR count). The summed E-state index contributed by atoms with van der Waals surface area (Å²) in [5.41, 5.74) is 1.97. The Morgan fingerprint density at radius 2 is 2.28 bits per heavy atom. The van der Waals surface area contributed by atoms with Crippen LogP contribution in [0.3, 0.4) is 0 Å². The molecule has 1 aliphatic rings. The minimum Gasteiger partial charge on any atom is -0.316 e. The fourth-order valence-corrected chi connectivity index (χ4v) is 2.58. The van der Waals surface area contributed by atoms with Crippen LogP contribution in [0.25, 0.3) is 0 Å². The molecule has 1 heterocycles. The molecule has 0 bridgehead atoms. The highest BCUT2D eigenvalue weighted by Gasteiger charge is 2.15. The second-order valence-corrected chi connectivity index (χ2v) is 5.45. The molecule has 1 N–H and O–H groups in total. The van der Waals surface area contributed by atoms with E-state index in [0.29, 0.717) is 0 Å². The molecule has 0 spiro atoms. The van der Waals surface area contributed by atoms with Crippen LogP contribution in [0.2, 0.25) is 0 Å². The van der Waals surface area contributed by atoms with Crippen molar-refractivity contribution in [1.29, 1.82) is 0 Å². The second-order valence-electron chi connectivity index (χ2n) is 5.45. The summed E-state index contributed by atoms with van der Waals surface area (Å²) in [6.07, 6.45) is 2.29. The van der Waals surface area contributed by atoms with Crippen molar-refractivity contribution in [3.63, 3.8) is 0 Å². The van der Waals surface area contributed by atoms with Gasteiger partial charge in [-0.2, -0.15) is 0 Å². The maximum Gasteiger partial charge on any atom is 0.126 e. The van der Waals surface area contributed by atoms with Crippen molar-refractivity contribution < 1.29 is 4.39 Å². The summed E-state index contributed by atoms with van der Waals surface area (Å²) in [7, 11) is 2.18. The molecule has 1 aliphatic heterocycles. The lowest BCUT2D eigenvalue weighted by Gasteiger charge is -2.20. The Labute approximate surface area is 109 Å². The van der Waals surface area contributed by atoms with Crippen molar-refractivity contribution in [1.82, 2.24) is 10.2 Å². The van der Waals surface area contributed by atoms with E-state index in [0.717, 1.165) is 44.1 Å². The van der Waals surface area contributed by atoms with Gasteiger partial charge < -0.3 is 10.2 Å². The first kappa shape index (κ1) is 13.5. The first-order chi connectivity index (χ1) is 8.65. The minimum atomic E-state index is -0.107. The third-order valence-electron chi connectivity index (χ3n) is 3.74. The Bertz CT molecular complexity index is 386. The van der Waals surface area contributed by atoms with Crippen LogP contribution >= 0.6 is 0 Å². The van der Waals surface area contributed by atoms with E-state index >= 15 is 0 Å². The van der Waals surface area contributed by atoms with Crippen molar-refractivity contribution >= 4 is 0 Å². The third kappa shape index (κ3) is 3.79. The molecule has 0 radical (unpaired) electrons. The molecule has 1 atom stereocenters. The molecule has 2 nitrogen and oxygen atoms in total. The average molecular weight is 250 g/mol. The normalized spacial score (nSPS) is 19.7. The summed E-state index contributed by atoms with van der Waals surface area (Å²) in [6.45, 7) is 6.34. The number of hydrogen-bond donors (Lipinski definition) is 1. The van der Waals surface area contributed by atoms with Gasteiger partial charge in [-0.05, 0) is 63.0 Å². The number of hydrogen-bond acceptors (Lipinski definition) is 2. The van der Waals surface area contributed by atoms with Crippen LogP contribution in [-0.2, 0) is 6.42 Å². The largest absolute Gasteiger partial charge is 0.316 e. The predicted octanol–water partition coefficient (Wildman–Crippen LogP) is 2.22. The third-order valence-corrected chi connectivity index (χ3v) is 3.74. The van der Waals surface area contributed by atoms with Crippen molar-refractivity contribution in [2.75, 3.05) is 33.2 Å². The molecule has 1 aromatic rings. The molecular formula is C15H23FN2. The van der Waals surface area contributed by atoms with Crippen LogP contribution in [0.5, 0.6) is 0 Å². The van der Waals surface area contributed by atoms with Gasteiger partial charge >= 0.3 is 0 Å². The molecule has 0 saturated carbocycles. The molecule has 1 aromatic carbocycles. The first-order valence-corrected chi connectivity index (χ1v) is 6.79. The van der Waals surface area contributed by atoms with Crippen molar-refractivity contribution in [3.05, 3.63) is 35.1 Å². The van der Waals surface area contributed by atoms with Crippen LogP contribution < -0.4 is 5.32 Å². The molecule has 3 heteroatoms. The highest BCUT2D eigenvalue weighted by atomic mass is 19.1. The summed E-state index contributed by atoms with van der Waals surface area (Å²) >= 11 is 0. The van der Waals surface area contributed by atoms with E-state index in [1.165, 1.54) is 12.0 Å². The van der Waals surface area contributed by atoms with Crippen LogP contribution in [-0.4, -0.2) is 38.1 Å². The van der Waals surface area contributed by atoms with E-state index in [1.807, 2.05) is 19.1 Å². The highest BCUT2D eigenvalue weighted by Crippen LogP contribution is 2.12. The second kappa shape index (κ2) is 6.30. The van der Waals surface area contributed by atoms with E-state index < -0.39 is 0 Å². The molecule has 0 aromatic heterocycles. The summed E-state index contributed by atoms with van der Waals surface area (Å²) in [6, 6.07) is 5.43. The van der Waals surface area contributed by atoms with E-state index in [9.17, 15) is 4.39 Å². The highest BCUT2D eigenvalue weighted by molar-refractivity contribution is 5.24. The number of benzene rings is 1. The zero-order valence-electron chi connectivity index (χ0n) is 11.4. The van der Waals surface area contributed by atoms with Gasteiger partial charge in [-0.15, -0.1) is 0 Å². The molecule has 100 valence electrons. The Hall–Kier alpha value is -0.930. The maximum atomic E-state index is 13.2. The van der Waals surface area contributed by atoms with Gasteiger partial charge in [0.05, 0.1) is 0 Å². The van der Waals surface area contributed by atoms with Crippen LogP contribution in [0.15, 0.2) is 18.2 Å². The lowest BCUT2D eigenvalue weighted by molar-refractivity contribution is 0.288. The standard InChI is InChI=1S/C15H23FN2/c1-12-9-13(3-4-15(12)16)6-8-18(2)11-14-5-7-17-10-14/h3-4,9,14,17H,5-8,10-11H2,1-2H3. The molecule has 1 fully saturated rings. The topological polar surface area (TPSA) is 15.3 Å². The lowest BCUT2D eigenvalue weighted by atomic mass is 10.1. The molecular weight excluding hydrogens is 227 g/mol. The molecule has 0 aliphatic carbocycles. The summed E-state index contributed by atoms with van der Waals surface area (Å²) < 4.78 is 13.2. The first-order valence-electron chi connectivity index (χ1n) is 6.79. The number of halogens is 1. The average Bonchev–Trinajstić information content (AvgIpc) is 2.83. The zero-order valence-corrected chi connectivity index (χ0v) is 11.4. The number of nitrogens with one attached hydrogen (secondary N) is 1. The molecule has 0 amide bonds. The maximum absolute atomic E-state index is 13.2. The van der Waals surface area contributed by atoms with Crippen molar-refractivity contribution in [2.24, 2.45) is 5.92 Å². The quantitative estimate of drug-likeness (QED) is 0.862. The van der Waals surface area contributed by atoms with Gasteiger partial charge in [0.15, 0.2) is 0 Å². The molecule has 18 heavy (non-hydrogen) atoms. The van der Waals surface area contributed by atoms with E-state index in [-0.39, 0.29) is 5.82 Å². The Morgan fingerprint density at radius 3 is 2.94 bits per heavy atom. The number of aryl methyl sites for hydroxylation is 1. The summed E-state index contributed by atoms with van der Waals surface area (Å²) in [5.74, 6) is 0.689. The fourth-order valence-electron chi connectivity index (χ4n) is 2.58. The fraction of sp³-hybridized carbons (Fsp3) is 0.600. The monoisotopic (exact) mass is 250 g/mol. The van der Waals surface area contributed by atoms with Gasteiger partial charge in [0.2, 0.25) is 0 Å². The molecule has 1 saturated heterocycles. The Kier molecular flexibility index (Phi) is 4.72. The number of likely N-dealkylation sites (N-methyl/N-ethyl adjacent to an activating group) is 1. The zero-order chi connectivity index (χ0) is 13.0. The van der Waals surface area contributed by atoms with Crippen LogP contribution in [0.4, 0.5) is 4.39 Å². The Morgan fingerprint density at radius 1 is 1.44 bits per heavy atom. The van der Waals surface area contributed by atoms with E-state index in [1.54, 1.807) is 6.07 Å². The number of rotatable bonds is 5. The van der Waals surface area contributed by atoms with Gasteiger partial charge in [0, 0.05) is 13.1 Å². The van der Waals surface area contributed by atoms with E-state index in [2.05, 4.69) is 17.3 Å². The number of nitrogens with zero attached hydrogens (tertiary/aromatic N) is 1. The van der Waals surface area contributed by atoms with Crippen molar-refractivity contribution in [3.8, 4) is 0 Å². The molecule has 1 unspecified atom stereocenters. The predicted molar refractivity (Wildman–Crippen MR) is 73.3 cm³/mol.